The summed E-state index contributed by atoms with van der Waals surface area (Å²) in [4.78, 5) is 4.42. The van der Waals surface area contributed by atoms with Crippen LogP contribution in [0, 0.1) is 16.7 Å². The first-order valence-corrected chi connectivity index (χ1v) is 5.98. The van der Waals surface area contributed by atoms with Gasteiger partial charge < -0.3 is 10.6 Å². The highest BCUT2D eigenvalue weighted by Crippen LogP contribution is 2.67. The molecule has 1 aliphatic heterocycles. The van der Waals surface area contributed by atoms with Crippen LogP contribution in [0.2, 0.25) is 0 Å². The molecule has 1 saturated carbocycles. The molecule has 2 aliphatic rings. The second-order valence-electron chi connectivity index (χ2n) is 5.89. The molecule has 0 saturated heterocycles. The van der Waals surface area contributed by atoms with Gasteiger partial charge in [0.25, 0.3) is 0 Å². The lowest BCUT2D eigenvalue weighted by Gasteiger charge is -2.16. The van der Waals surface area contributed by atoms with Crippen molar-refractivity contribution in [2.45, 2.75) is 34.1 Å². The maximum absolute atomic E-state index is 4.42. The summed E-state index contributed by atoms with van der Waals surface area (Å²) in [5.41, 5.74) is 0.935. The fraction of sp³-hybridized carbons (Fsp3) is 0.917. The summed E-state index contributed by atoms with van der Waals surface area (Å²) in [7, 11) is 0. The van der Waals surface area contributed by atoms with Gasteiger partial charge in [-0.05, 0) is 23.2 Å². The summed E-state index contributed by atoms with van der Waals surface area (Å²) in [6, 6.07) is 0. The van der Waals surface area contributed by atoms with Gasteiger partial charge in [0.15, 0.2) is 5.96 Å². The molecule has 0 aromatic rings. The van der Waals surface area contributed by atoms with Crippen molar-refractivity contribution in [3.63, 3.8) is 0 Å². The summed E-state index contributed by atoms with van der Waals surface area (Å²) >= 11 is 0. The molecule has 0 amide bonds. The van der Waals surface area contributed by atoms with Gasteiger partial charge in [0.1, 0.15) is 0 Å². The van der Waals surface area contributed by atoms with Crippen molar-refractivity contribution in [1.82, 2.24) is 10.6 Å². The van der Waals surface area contributed by atoms with Crippen LogP contribution in [0.15, 0.2) is 4.99 Å². The summed E-state index contributed by atoms with van der Waals surface area (Å²) in [5.74, 6) is 1.76. The number of nitrogens with one attached hydrogen (secondary N) is 2. The van der Waals surface area contributed by atoms with Crippen molar-refractivity contribution in [3.05, 3.63) is 0 Å². The van der Waals surface area contributed by atoms with E-state index in [0.29, 0.717) is 10.8 Å². The third kappa shape index (κ3) is 2.31. The second-order valence-corrected chi connectivity index (χ2v) is 5.89. The van der Waals surface area contributed by atoms with Crippen molar-refractivity contribution in [1.29, 1.82) is 0 Å². The first-order chi connectivity index (χ1) is 6.96. The van der Waals surface area contributed by atoms with Gasteiger partial charge in [-0.1, -0.05) is 27.7 Å². The average molecular weight is 337 g/mol. The molecule has 1 aliphatic carbocycles. The number of hydrogen-bond donors (Lipinski definition) is 2. The lowest BCUT2D eigenvalue weighted by molar-refractivity contribution is 0.457. The molecular weight excluding hydrogens is 313 g/mol. The molecule has 0 aromatic carbocycles. The van der Waals surface area contributed by atoms with Gasteiger partial charge in [-0.3, -0.25) is 4.99 Å². The van der Waals surface area contributed by atoms with E-state index in [4.69, 9.17) is 0 Å². The highest BCUT2D eigenvalue weighted by atomic mass is 127. The van der Waals surface area contributed by atoms with Crippen LogP contribution >= 0.6 is 24.0 Å². The Labute approximate surface area is 116 Å². The minimum Gasteiger partial charge on any atom is -0.356 e. The lowest BCUT2D eigenvalue weighted by Crippen LogP contribution is -2.41. The maximum atomic E-state index is 4.42. The van der Waals surface area contributed by atoms with E-state index in [9.17, 15) is 0 Å². The van der Waals surface area contributed by atoms with Gasteiger partial charge in [-0.2, -0.15) is 0 Å². The van der Waals surface area contributed by atoms with Gasteiger partial charge >= 0.3 is 0 Å². The molecule has 0 atom stereocenters. The Kier molecular flexibility index (Phi) is 4.13. The van der Waals surface area contributed by atoms with E-state index < -0.39 is 0 Å². The Bertz CT molecular complexity index is 270. The van der Waals surface area contributed by atoms with E-state index in [1.165, 1.54) is 0 Å². The van der Waals surface area contributed by atoms with Crippen molar-refractivity contribution in [2.24, 2.45) is 21.7 Å². The van der Waals surface area contributed by atoms with Crippen LogP contribution in [-0.2, 0) is 0 Å². The summed E-state index contributed by atoms with van der Waals surface area (Å²) in [6.07, 6.45) is 1.16. The Morgan fingerprint density at radius 2 is 1.94 bits per heavy atom. The van der Waals surface area contributed by atoms with Crippen molar-refractivity contribution in [3.8, 4) is 0 Å². The highest BCUT2D eigenvalue weighted by molar-refractivity contribution is 14.0. The van der Waals surface area contributed by atoms with Crippen molar-refractivity contribution >= 4 is 29.9 Å². The molecule has 4 heteroatoms. The molecule has 16 heavy (non-hydrogen) atoms. The van der Waals surface area contributed by atoms with E-state index in [0.717, 1.165) is 37.9 Å². The fourth-order valence-electron chi connectivity index (χ4n) is 2.69. The van der Waals surface area contributed by atoms with Crippen LogP contribution in [-0.4, -0.2) is 25.6 Å². The third-order valence-electron chi connectivity index (χ3n) is 4.69. The molecule has 0 bridgehead atoms. The summed E-state index contributed by atoms with van der Waals surface area (Å²) in [6.45, 7) is 12.5. The molecule has 94 valence electrons. The molecule has 2 N–H and O–H groups in total. The SMILES string of the molecule is CC1(C)C(CNC2=NCCCN2)C1(C)C.I. The Morgan fingerprint density at radius 3 is 2.38 bits per heavy atom. The minimum absolute atomic E-state index is 0. The number of aliphatic imine (C=N–C) groups is 1. The first-order valence-electron chi connectivity index (χ1n) is 5.98. The Hall–Kier alpha value is 0. The topological polar surface area (TPSA) is 36.4 Å². The van der Waals surface area contributed by atoms with Crippen LogP contribution in [0.25, 0.3) is 0 Å². The number of guanidine groups is 1. The number of halogens is 1. The molecule has 1 heterocycles. The monoisotopic (exact) mass is 337 g/mol. The van der Waals surface area contributed by atoms with Crippen LogP contribution in [0.5, 0.6) is 0 Å². The van der Waals surface area contributed by atoms with E-state index in [2.05, 4.69) is 43.3 Å². The van der Waals surface area contributed by atoms with Crippen LogP contribution < -0.4 is 10.6 Å². The van der Waals surface area contributed by atoms with Crippen molar-refractivity contribution < 1.29 is 0 Å². The van der Waals surface area contributed by atoms with E-state index in [1.54, 1.807) is 0 Å². The van der Waals surface area contributed by atoms with E-state index in [1.807, 2.05) is 0 Å². The molecule has 2 rings (SSSR count). The normalized spacial score (nSPS) is 26.1. The van der Waals surface area contributed by atoms with Gasteiger partial charge in [0.2, 0.25) is 0 Å². The predicted octanol–water partition coefficient (Wildman–Crippen LogP) is 2.23. The summed E-state index contributed by atoms with van der Waals surface area (Å²) in [5, 5.41) is 6.73. The molecule has 0 aromatic heterocycles. The first kappa shape index (κ1) is 14.1. The minimum atomic E-state index is 0. The molecule has 0 spiro atoms. The van der Waals surface area contributed by atoms with Gasteiger partial charge in [0.05, 0.1) is 0 Å². The van der Waals surface area contributed by atoms with E-state index in [-0.39, 0.29) is 24.0 Å². The molecular formula is C12H24IN3. The highest BCUT2D eigenvalue weighted by Gasteiger charge is 2.64. The number of nitrogens with zero attached hydrogens (tertiary/aromatic N) is 1. The zero-order valence-electron chi connectivity index (χ0n) is 10.8. The Morgan fingerprint density at radius 1 is 1.31 bits per heavy atom. The zero-order chi connectivity index (χ0) is 11.1. The third-order valence-corrected chi connectivity index (χ3v) is 4.69. The smallest absolute Gasteiger partial charge is 0.191 e. The van der Waals surface area contributed by atoms with Gasteiger partial charge in [0, 0.05) is 19.6 Å². The zero-order valence-corrected chi connectivity index (χ0v) is 13.1. The van der Waals surface area contributed by atoms with Gasteiger partial charge in [-0.25, -0.2) is 0 Å². The van der Waals surface area contributed by atoms with Crippen LogP contribution in [0.1, 0.15) is 34.1 Å². The lowest BCUT2D eigenvalue weighted by atomic mass is 10.0. The fourth-order valence-corrected chi connectivity index (χ4v) is 2.69. The second kappa shape index (κ2) is 4.70. The molecule has 0 unspecified atom stereocenters. The van der Waals surface area contributed by atoms with Crippen molar-refractivity contribution in [2.75, 3.05) is 19.6 Å². The number of rotatable bonds is 2. The van der Waals surface area contributed by atoms with E-state index >= 15 is 0 Å². The molecule has 3 nitrogen and oxygen atoms in total. The predicted molar refractivity (Wildman–Crippen MR) is 79.4 cm³/mol. The van der Waals surface area contributed by atoms with Crippen LogP contribution in [0.3, 0.4) is 0 Å². The quantitative estimate of drug-likeness (QED) is 0.758. The van der Waals surface area contributed by atoms with Crippen LogP contribution in [0.4, 0.5) is 0 Å². The number of hydrogen-bond acceptors (Lipinski definition) is 3. The molecule has 1 fully saturated rings. The average Bonchev–Trinajstić information content (AvgIpc) is 2.57. The largest absolute Gasteiger partial charge is 0.356 e. The standard InChI is InChI=1S/C12H23N3.HI/c1-11(2)9(12(11,3)4)8-15-10-13-6-5-7-14-10;/h9H,5-8H2,1-4H3,(H2,13,14,15);1H. The molecule has 0 radical (unpaired) electrons. The maximum Gasteiger partial charge on any atom is 0.191 e. The Balaban J connectivity index is 0.00000128. The summed E-state index contributed by atoms with van der Waals surface area (Å²) < 4.78 is 0. The van der Waals surface area contributed by atoms with Gasteiger partial charge in [-0.15, -0.1) is 24.0 Å².